The summed E-state index contributed by atoms with van der Waals surface area (Å²) in [7, 11) is 1.69. The lowest BCUT2D eigenvalue weighted by atomic mass is 9.88. The first-order valence-corrected chi connectivity index (χ1v) is 11.2. The quantitative estimate of drug-likeness (QED) is 0.222. The summed E-state index contributed by atoms with van der Waals surface area (Å²) in [5.74, 6) is 0.238. The van der Waals surface area contributed by atoms with Crippen LogP contribution in [0.1, 0.15) is 45.2 Å². The van der Waals surface area contributed by atoms with Crippen LogP contribution >= 0.6 is 0 Å². The summed E-state index contributed by atoms with van der Waals surface area (Å²) in [5.41, 5.74) is 15.2. The van der Waals surface area contributed by atoms with E-state index < -0.39 is 5.91 Å². The molecule has 1 atom stereocenters. The predicted molar refractivity (Wildman–Crippen MR) is 133 cm³/mol. The molecule has 0 radical (unpaired) electrons. The standard InChI is InChI=1S/C26H26N6O2/c1-28-32-25(16-7-5-15(6-8-16)17-3-2-4-18(9-17)26(27)34)23(33)12-24-30-21-10-19-13-29-14-20(19)11-22(21)31-24/h2-5,7-12,15,28-29,33H,6,13-14H2,1H3,(H2,27,34)(H,30,31)/b23-12-,32-25-. The lowest BCUT2D eigenvalue weighted by Crippen LogP contribution is -2.14. The molecule has 0 saturated carbocycles. The molecule has 0 spiro atoms. The highest BCUT2D eigenvalue weighted by Gasteiger charge is 2.18. The van der Waals surface area contributed by atoms with Crippen molar-refractivity contribution in [1.82, 2.24) is 20.7 Å². The van der Waals surface area contributed by atoms with E-state index in [4.69, 9.17) is 5.73 Å². The number of imidazole rings is 1. The van der Waals surface area contributed by atoms with E-state index in [0.29, 0.717) is 23.5 Å². The Labute approximate surface area is 197 Å². The molecule has 8 heteroatoms. The van der Waals surface area contributed by atoms with E-state index in [0.717, 1.165) is 35.3 Å². The monoisotopic (exact) mass is 454 g/mol. The number of carbonyl (C=O) groups is 1. The molecule has 5 rings (SSSR count). The minimum Gasteiger partial charge on any atom is -0.505 e. The van der Waals surface area contributed by atoms with Crippen LogP contribution in [-0.4, -0.2) is 33.7 Å². The summed E-state index contributed by atoms with van der Waals surface area (Å²) in [4.78, 5) is 19.4. The maximum atomic E-state index is 11.5. The fraction of sp³-hybridized carbons (Fsp3) is 0.192. The number of H-pyrrole nitrogens is 1. The summed E-state index contributed by atoms with van der Waals surface area (Å²) >= 11 is 0. The number of hydrogen-bond acceptors (Lipinski definition) is 6. The molecule has 2 heterocycles. The van der Waals surface area contributed by atoms with Gasteiger partial charge in [0.1, 0.15) is 17.3 Å². The Kier molecular flexibility index (Phi) is 5.73. The Morgan fingerprint density at radius 1 is 1.26 bits per heavy atom. The van der Waals surface area contributed by atoms with Gasteiger partial charge in [0.15, 0.2) is 0 Å². The summed E-state index contributed by atoms with van der Waals surface area (Å²) in [6.45, 7) is 1.70. The zero-order valence-corrected chi connectivity index (χ0v) is 18.8. The molecular formula is C26H26N6O2. The first-order valence-electron chi connectivity index (χ1n) is 11.2. The molecule has 172 valence electrons. The van der Waals surface area contributed by atoms with Gasteiger partial charge in [-0.25, -0.2) is 4.98 Å². The van der Waals surface area contributed by atoms with Gasteiger partial charge in [-0.2, -0.15) is 5.10 Å². The molecule has 1 amide bonds. The maximum Gasteiger partial charge on any atom is 0.248 e. The van der Waals surface area contributed by atoms with E-state index in [-0.39, 0.29) is 11.7 Å². The van der Waals surface area contributed by atoms with Crippen LogP contribution < -0.4 is 16.5 Å². The van der Waals surface area contributed by atoms with Gasteiger partial charge in [0.25, 0.3) is 0 Å². The van der Waals surface area contributed by atoms with Gasteiger partial charge in [0.2, 0.25) is 5.91 Å². The number of nitrogens with zero attached hydrogens (tertiary/aromatic N) is 2. The molecule has 6 N–H and O–H groups in total. The number of carbonyl (C=O) groups excluding carboxylic acids is 1. The van der Waals surface area contributed by atoms with E-state index >= 15 is 0 Å². The largest absolute Gasteiger partial charge is 0.505 e. The number of aromatic amines is 1. The Morgan fingerprint density at radius 2 is 2.09 bits per heavy atom. The number of benzene rings is 2. The Bertz CT molecular complexity index is 1350. The number of hydrazone groups is 1. The van der Waals surface area contributed by atoms with Crippen molar-refractivity contribution >= 4 is 28.7 Å². The molecule has 1 unspecified atom stereocenters. The Balaban J connectivity index is 1.38. The van der Waals surface area contributed by atoms with Crippen molar-refractivity contribution in [2.45, 2.75) is 25.4 Å². The van der Waals surface area contributed by atoms with E-state index in [2.05, 4.69) is 37.9 Å². The number of aromatic nitrogens is 2. The topological polar surface area (TPSA) is 128 Å². The number of allylic oxidation sites excluding steroid dienone is 4. The minimum absolute atomic E-state index is 0.00712. The second kappa shape index (κ2) is 8.99. The van der Waals surface area contributed by atoms with Crippen molar-refractivity contribution in [3.8, 4) is 0 Å². The smallest absolute Gasteiger partial charge is 0.248 e. The van der Waals surface area contributed by atoms with Crippen molar-refractivity contribution in [3.63, 3.8) is 0 Å². The lowest BCUT2D eigenvalue weighted by molar-refractivity contribution is 0.1000. The van der Waals surface area contributed by atoms with Crippen LogP contribution in [0.15, 0.2) is 71.1 Å². The molecule has 34 heavy (non-hydrogen) atoms. The van der Waals surface area contributed by atoms with Crippen LogP contribution in [0, 0.1) is 0 Å². The fourth-order valence-electron chi connectivity index (χ4n) is 4.44. The zero-order chi connectivity index (χ0) is 23.7. The number of primary amides is 1. The van der Waals surface area contributed by atoms with Crippen molar-refractivity contribution in [1.29, 1.82) is 0 Å². The maximum absolute atomic E-state index is 11.5. The second-order valence-electron chi connectivity index (χ2n) is 8.43. The van der Waals surface area contributed by atoms with Crippen molar-refractivity contribution < 1.29 is 9.90 Å². The second-order valence-corrected chi connectivity index (χ2v) is 8.43. The first kappa shape index (κ1) is 21.7. The Hall–Kier alpha value is -4.17. The molecule has 0 saturated heterocycles. The molecular weight excluding hydrogens is 428 g/mol. The number of nitrogens with one attached hydrogen (secondary N) is 3. The number of aliphatic hydroxyl groups is 1. The number of nitrogens with two attached hydrogens (primary N) is 1. The van der Waals surface area contributed by atoms with Gasteiger partial charge in [0.05, 0.1) is 11.0 Å². The summed E-state index contributed by atoms with van der Waals surface area (Å²) in [6.07, 6.45) is 8.30. The highest BCUT2D eigenvalue weighted by Crippen LogP contribution is 2.29. The molecule has 2 aromatic carbocycles. The molecule has 1 aromatic heterocycles. The predicted octanol–water partition coefficient (Wildman–Crippen LogP) is 3.41. The van der Waals surface area contributed by atoms with Crippen molar-refractivity contribution in [3.05, 3.63) is 94.0 Å². The molecule has 8 nitrogen and oxygen atoms in total. The van der Waals surface area contributed by atoms with Crippen LogP contribution in [-0.2, 0) is 13.1 Å². The van der Waals surface area contributed by atoms with E-state index in [9.17, 15) is 9.90 Å². The highest BCUT2D eigenvalue weighted by molar-refractivity contribution is 6.14. The number of fused-ring (bicyclic) bond motifs is 2. The van der Waals surface area contributed by atoms with Crippen molar-refractivity contribution in [2.24, 2.45) is 10.8 Å². The SMILES string of the molecule is CN/N=C(C1=CCC(c2cccc(C(N)=O)c2)C=C1)\C(O)=C\c1nc2cc3c(cc2[nH]1)CNC3. The molecule has 0 bridgehead atoms. The van der Waals surface area contributed by atoms with Gasteiger partial charge in [-0.3, -0.25) is 4.79 Å². The number of rotatable bonds is 6. The fourth-order valence-corrected chi connectivity index (χ4v) is 4.44. The normalized spacial score (nSPS) is 18.1. The van der Waals surface area contributed by atoms with Gasteiger partial charge in [-0.05, 0) is 47.4 Å². The molecule has 3 aromatic rings. The van der Waals surface area contributed by atoms with Crippen LogP contribution in [0.25, 0.3) is 17.1 Å². The van der Waals surface area contributed by atoms with E-state index in [1.54, 1.807) is 19.2 Å². The summed E-state index contributed by atoms with van der Waals surface area (Å²) in [6, 6.07) is 11.5. The lowest BCUT2D eigenvalue weighted by Gasteiger charge is -2.18. The third-order valence-corrected chi connectivity index (χ3v) is 6.16. The third-order valence-electron chi connectivity index (χ3n) is 6.16. The molecule has 2 aliphatic rings. The molecule has 1 aliphatic heterocycles. The van der Waals surface area contributed by atoms with Gasteiger partial charge in [-0.1, -0.05) is 30.4 Å². The van der Waals surface area contributed by atoms with Gasteiger partial charge in [-0.15, -0.1) is 0 Å². The van der Waals surface area contributed by atoms with Gasteiger partial charge >= 0.3 is 0 Å². The van der Waals surface area contributed by atoms with Crippen LogP contribution in [0.4, 0.5) is 0 Å². The van der Waals surface area contributed by atoms with Crippen LogP contribution in [0.2, 0.25) is 0 Å². The van der Waals surface area contributed by atoms with E-state index in [1.807, 2.05) is 36.4 Å². The van der Waals surface area contributed by atoms with Crippen LogP contribution in [0.5, 0.6) is 0 Å². The summed E-state index contributed by atoms with van der Waals surface area (Å²) < 4.78 is 0. The van der Waals surface area contributed by atoms with Crippen molar-refractivity contribution in [2.75, 3.05) is 7.05 Å². The number of aliphatic hydroxyl groups excluding tert-OH is 1. The summed E-state index contributed by atoms with van der Waals surface area (Å²) in [5, 5.41) is 18.5. The van der Waals surface area contributed by atoms with Gasteiger partial charge in [0, 0.05) is 43.3 Å². The number of amides is 1. The average Bonchev–Trinajstić information content (AvgIpc) is 3.46. The minimum atomic E-state index is -0.441. The molecule has 0 fully saturated rings. The number of hydrogen-bond donors (Lipinski definition) is 5. The molecule has 1 aliphatic carbocycles. The van der Waals surface area contributed by atoms with Gasteiger partial charge < -0.3 is 26.6 Å². The highest BCUT2D eigenvalue weighted by atomic mass is 16.3. The average molecular weight is 455 g/mol. The zero-order valence-electron chi connectivity index (χ0n) is 18.8. The first-order chi connectivity index (χ1) is 16.5. The van der Waals surface area contributed by atoms with E-state index in [1.165, 1.54) is 11.1 Å². The van der Waals surface area contributed by atoms with Crippen LogP contribution in [0.3, 0.4) is 0 Å². The third kappa shape index (κ3) is 4.23. The Morgan fingerprint density at radius 3 is 2.82 bits per heavy atom.